The van der Waals surface area contributed by atoms with Crippen molar-refractivity contribution in [2.45, 2.75) is 18.4 Å². The fourth-order valence-corrected chi connectivity index (χ4v) is 1.65. The highest BCUT2D eigenvalue weighted by molar-refractivity contribution is 7.98. The third-order valence-corrected chi connectivity index (χ3v) is 2.91. The smallest absolute Gasteiger partial charge is 0.216 e. The van der Waals surface area contributed by atoms with Gasteiger partial charge in [-0.2, -0.15) is 0 Å². The van der Waals surface area contributed by atoms with Gasteiger partial charge in [0.05, 0.1) is 0 Å². The first-order chi connectivity index (χ1) is 8.13. The minimum absolute atomic E-state index is 0.0109. The van der Waals surface area contributed by atoms with Crippen LogP contribution >= 0.6 is 11.8 Å². The Balaban J connectivity index is 2.35. The Hall–Kier alpha value is -1.30. The molecule has 0 spiro atoms. The molecular weight excluding hydrogens is 236 g/mol. The van der Waals surface area contributed by atoms with E-state index in [0.717, 1.165) is 23.8 Å². The van der Waals surface area contributed by atoms with Crippen LogP contribution in [-0.2, 0) is 4.79 Å². The van der Waals surface area contributed by atoms with Crippen molar-refractivity contribution >= 4 is 23.5 Å². The summed E-state index contributed by atoms with van der Waals surface area (Å²) in [5, 5.41) is 11.9. The molecule has 1 aromatic rings. The average molecular weight is 254 g/mol. The van der Waals surface area contributed by atoms with Crippen molar-refractivity contribution in [3.8, 4) is 0 Å². The summed E-state index contributed by atoms with van der Waals surface area (Å²) in [5.41, 5.74) is 0. The minimum Gasteiger partial charge on any atom is -0.358 e. The summed E-state index contributed by atoms with van der Waals surface area (Å²) in [6.45, 7) is 3.06. The molecule has 0 aromatic carbocycles. The summed E-state index contributed by atoms with van der Waals surface area (Å²) in [6, 6.07) is 3.91. The number of nitrogens with zero attached hydrogens (tertiary/aromatic N) is 3. The molecule has 0 saturated carbocycles. The van der Waals surface area contributed by atoms with Crippen molar-refractivity contribution in [1.29, 1.82) is 0 Å². The van der Waals surface area contributed by atoms with Crippen molar-refractivity contribution in [1.82, 2.24) is 15.5 Å². The topological polar surface area (TPSA) is 58.1 Å². The SMILES string of the molecule is CSc1ccc(N(C)CCCNC(C)=O)nn1. The highest BCUT2D eigenvalue weighted by atomic mass is 32.2. The van der Waals surface area contributed by atoms with Gasteiger partial charge in [-0.05, 0) is 24.8 Å². The number of aromatic nitrogens is 2. The van der Waals surface area contributed by atoms with Gasteiger partial charge in [-0.1, -0.05) is 0 Å². The van der Waals surface area contributed by atoms with Crippen molar-refractivity contribution in [2.24, 2.45) is 0 Å². The molecule has 1 rings (SSSR count). The summed E-state index contributed by atoms with van der Waals surface area (Å²) >= 11 is 1.57. The van der Waals surface area contributed by atoms with E-state index in [1.54, 1.807) is 11.8 Å². The first kappa shape index (κ1) is 13.8. The van der Waals surface area contributed by atoms with Gasteiger partial charge in [0.25, 0.3) is 0 Å². The second-order valence-electron chi connectivity index (χ2n) is 3.69. The van der Waals surface area contributed by atoms with Crippen LogP contribution in [0.4, 0.5) is 5.82 Å². The number of anilines is 1. The maximum absolute atomic E-state index is 10.7. The molecular formula is C11H18N4OS. The van der Waals surface area contributed by atoms with Crippen LogP contribution < -0.4 is 10.2 Å². The van der Waals surface area contributed by atoms with Gasteiger partial charge in [0.1, 0.15) is 5.03 Å². The zero-order valence-corrected chi connectivity index (χ0v) is 11.3. The molecule has 1 aromatic heterocycles. The van der Waals surface area contributed by atoms with Crippen molar-refractivity contribution in [2.75, 3.05) is 31.3 Å². The van der Waals surface area contributed by atoms with Crippen LogP contribution in [0.2, 0.25) is 0 Å². The second-order valence-corrected chi connectivity index (χ2v) is 4.52. The molecule has 17 heavy (non-hydrogen) atoms. The first-order valence-corrected chi connectivity index (χ1v) is 6.69. The average Bonchev–Trinajstić information content (AvgIpc) is 2.34. The van der Waals surface area contributed by atoms with Gasteiger partial charge < -0.3 is 10.2 Å². The highest BCUT2D eigenvalue weighted by Crippen LogP contribution is 2.13. The Bertz CT molecular complexity index is 355. The minimum atomic E-state index is 0.0109. The summed E-state index contributed by atoms with van der Waals surface area (Å²) in [5.74, 6) is 0.863. The fraction of sp³-hybridized carbons (Fsp3) is 0.545. The summed E-state index contributed by atoms with van der Waals surface area (Å²) in [4.78, 5) is 12.7. The molecule has 6 heteroatoms. The van der Waals surface area contributed by atoms with E-state index >= 15 is 0 Å². The molecule has 0 atom stereocenters. The standard InChI is InChI=1S/C11H18N4OS/c1-9(16)12-7-4-8-15(2)10-5-6-11(17-3)14-13-10/h5-6H,4,7-8H2,1-3H3,(H,12,16). The van der Waals surface area contributed by atoms with Crippen LogP contribution in [0.25, 0.3) is 0 Å². The number of nitrogens with one attached hydrogen (secondary N) is 1. The van der Waals surface area contributed by atoms with Gasteiger partial charge in [-0.3, -0.25) is 4.79 Å². The maximum Gasteiger partial charge on any atom is 0.216 e. The summed E-state index contributed by atoms with van der Waals surface area (Å²) < 4.78 is 0. The second kappa shape index (κ2) is 7.11. The van der Waals surface area contributed by atoms with Crippen molar-refractivity contribution in [3.63, 3.8) is 0 Å². The van der Waals surface area contributed by atoms with Crippen molar-refractivity contribution in [3.05, 3.63) is 12.1 Å². The molecule has 0 bridgehead atoms. The van der Waals surface area contributed by atoms with Crippen LogP contribution in [0, 0.1) is 0 Å². The Morgan fingerprint density at radius 2 is 2.24 bits per heavy atom. The van der Waals surface area contributed by atoms with Gasteiger partial charge in [0.2, 0.25) is 5.91 Å². The van der Waals surface area contributed by atoms with E-state index in [-0.39, 0.29) is 5.91 Å². The number of hydrogen-bond donors (Lipinski definition) is 1. The van der Waals surface area contributed by atoms with Crippen LogP contribution in [0.1, 0.15) is 13.3 Å². The molecule has 1 amide bonds. The lowest BCUT2D eigenvalue weighted by Gasteiger charge is -2.17. The van der Waals surface area contributed by atoms with Crippen LogP contribution in [0.15, 0.2) is 17.2 Å². The monoisotopic (exact) mass is 254 g/mol. The molecule has 1 N–H and O–H groups in total. The lowest BCUT2D eigenvalue weighted by Crippen LogP contribution is -2.26. The number of amides is 1. The predicted molar refractivity (Wildman–Crippen MR) is 70.4 cm³/mol. The first-order valence-electron chi connectivity index (χ1n) is 5.46. The molecule has 0 saturated heterocycles. The molecule has 94 valence electrons. The summed E-state index contributed by atoms with van der Waals surface area (Å²) in [7, 11) is 1.97. The Kier molecular flexibility index (Phi) is 5.76. The van der Waals surface area contributed by atoms with E-state index in [9.17, 15) is 4.79 Å². The molecule has 1 heterocycles. The lowest BCUT2D eigenvalue weighted by atomic mass is 10.3. The largest absolute Gasteiger partial charge is 0.358 e. The van der Waals surface area contributed by atoms with Gasteiger partial charge >= 0.3 is 0 Å². The quantitative estimate of drug-likeness (QED) is 0.610. The number of thioether (sulfide) groups is 1. The number of rotatable bonds is 6. The Morgan fingerprint density at radius 1 is 1.47 bits per heavy atom. The predicted octanol–water partition coefficient (Wildman–Crippen LogP) is 1.16. The van der Waals surface area contributed by atoms with E-state index in [1.165, 1.54) is 6.92 Å². The lowest BCUT2D eigenvalue weighted by molar-refractivity contribution is -0.118. The Morgan fingerprint density at radius 3 is 2.76 bits per heavy atom. The van der Waals surface area contributed by atoms with E-state index in [4.69, 9.17) is 0 Å². The third kappa shape index (κ3) is 5.04. The van der Waals surface area contributed by atoms with Crippen LogP contribution in [0.3, 0.4) is 0 Å². The normalized spacial score (nSPS) is 10.1. The number of carbonyl (C=O) groups is 1. The fourth-order valence-electron chi connectivity index (χ4n) is 1.32. The van der Waals surface area contributed by atoms with E-state index < -0.39 is 0 Å². The van der Waals surface area contributed by atoms with Gasteiger partial charge in [-0.15, -0.1) is 22.0 Å². The van der Waals surface area contributed by atoms with Crippen LogP contribution in [-0.4, -0.2) is 42.5 Å². The zero-order chi connectivity index (χ0) is 12.7. The molecule has 0 radical (unpaired) electrons. The zero-order valence-electron chi connectivity index (χ0n) is 10.4. The van der Waals surface area contributed by atoms with Crippen molar-refractivity contribution < 1.29 is 4.79 Å². The van der Waals surface area contributed by atoms with Gasteiger partial charge in [0, 0.05) is 27.1 Å². The molecule has 0 unspecified atom stereocenters. The van der Waals surface area contributed by atoms with E-state index in [2.05, 4.69) is 15.5 Å². The molecule has 0 aliphatic rings. The number of carbonyl (C=O) groups excluding carboxylic acids is 1. The van der Waals surface area contributed by atoms with E-state index in [0.29, 0.717) is 6.54 Å². The molecule has 0 fully saturated rings. The highest BCUT2D eigenvalue weighted by Gasteiger charge is 2.03. The van der Waals surface area contributed by atoms with Gasteiger partial charge in [-0.25, -0.2) is 0 Å². The summed E-state index contributed by atoms with van der Waals surface area (Å²) in [6.07, 6.45) is 2.86. The molecule has 5 nitrogen and oxygen atoms in total. The molecule has 0 aliphatic carbocycles. The number of hydrogen-bond acceptors (Lipinski definition) is 5. The van der Waals surface area contributed by atoms with Gasteiger partial charge in [0.15, 0.2) is 5.82 Å². The van der Waals surface area contributed by atoms with E-state index in [1.807, 2.05) is 30.3 Å². The Labute approximate surface area is 106 Å². The third-order valence-electron chi connectivity index (χ3n) is 2.27. The maximum atomic E-state index is 10.7. The van der Waals surface area contributed by atoms with Crippen LogP contribution in [0.5, 0.6) is 0 Å². The molecule has 0 aliphatic heterocycles.